The molecule has 0 radical (unpaired) electrons. The van der Waals surface area contributed by atoms with Crippen molar-refractivity contribution in [3.63, 3.8) is 0 Å². The van der Waals surface area contributed by atoms with Crippen molar-refractivity contribution in [3.8, 4) is 0 Å². The van der Waals surface area contributed by atoms with Crippen molar-refractivity contribution in [2.24, 2.45) is 12.8 Å². The monoisotopic (exact) mass is 197 g/mol. The van der Waals surface area contributed by atoms with Gasteiger partial charge in [0.25, 0.3) is 0 Å². The van der Waals surface area contributed by atoms with Gasteiger partial charge in [-0.15, -0.1) is 0 Å². The summed E-state index contributed by atoms with van der Waals surface area (Å²) < 4.78 is 7.47. The van der Waals surface area contributed by atoms with Crippen LogP contribution in [0.3, 0.4) is 0 Å². The summed E-state index contributed by atoms with van der Waals surface area (Å²) >= 11 is 0. The number of ether oxygens (including phenoxy) is 1. The zero-order valence-electron chi connectivity index (χ0n) is 9.16. The predicted molar refractivity (Wildman–Crippen MR) is 55.6 cm³/mol. The highest BCUT2D eigenvalue weighted by Gasteiger charge is 2.08. The van der Waals surface area contributed by atoms with E-state index in [0.29, 0.717) is 13.2 Å². The van der Waals surface area contributed by atoms with Gasteiger partial charge in [-0.2, -0.15) is 5.10 Å². The molecule has 0 aliphatic rings. The van der Waals surface area contributed by atoms with Crippen LogP contribution in [0.25, 0.3) is 0 Å². The first kappa shape index (κ1) is 11.2. The van der Waals surface area contributed by atoms with Gasteiger partial charge in [-0.1, -0.05) is 6.92 Å². The second-order valence-corrected chi connectivity index (χ2v) is 3.47. The molecule has 0 unspecified atom stereocenters. The molecule has 0 aliphatic carbocycles. The van der Waals surface area contributed by atoms with Crippen LogP contribution in [0.5, 0.6) is 0 Å². The number of aromatic nitrogens is 2. The van der Waals surface area contributed by atoms with Crippen LogP contribution >= 0.6 is 0 Å². The Kier molecular flexibility index (Phi) is 4.10. The number of hydrogen-bond donors (Lipinski definition) is 1. The smallest absolute Gasteiger partial charge is 0.0891 e. The first-order valence-electron chi connectivity index (χ1n) is 5.00. The molecule has 0 spiro atoms. The first-order valence-corrected chi connectivity index (χ1v) is 5.00. The SMILES string of the molecule is CC[C@H](C)OCc1c(CN)cnn1C. The highest BCUT2D eigenvalue weighted by atomic mass is 16.5. The molecule has 0 saturated heterocycles. The standard InChI is InChI=1S/C10H19N3O/c1-4-8(2)14-7-10-9(5-11)6-12-13(10)3/h6,8H,4-5,7,11H2,1-3H3/t8-/m0/s1. The van der Waals surface area contributed by atoms with Crippen molar-refractivity contribution >= 4 is 0 Å². The molecule has 14 heavy (non-hydrogen) atoms. The van der Waals surface area contributed by atoms with Gasteiger partial charge in [-0.05, 0) is 13.3 Å². The topological polar surface area (TPSA) is 53.1 Å². The number of aryl methyl sites for hydroxylation is 1. The van der Waals surface area contributed by atoms with Crippen molar-refractivity contribution in [3.05, 3.63) is 17.5 Å². The van der Waals surface area contributed by atoms with E-state index in [1.807, 2.05) is 11.7 Å². The fourth-order valence-electron chi connectivity index (χ4n) is 1.20. The van der Waals surface area contributed by atoms with E-state index in [2.05, 4.69) is 18.9 Å². The zero-order valence-corrected chi connectivity index (χ0v) is 9.16. The Balaban J connectivity index is 2.60. The molecule has 1 atom stereocenters. The van der Waals surface area contributed by atoms with E-state index in [-0.39, 0.29) is 6.10 Å². The second kappa shape index (κ2) is 5.12. The minimum absolute atomic E-state index is 0.288. The van der Waals surface area contributed by atoms with Crippen LogP contribution in [0.15, 0.2) is 6.20 Å². The van der Waals surface area contributed by atoms with Gasteiger partial charge < -0.3 is 10.5 Å². The first-order chi connectivity index (χ1) is 6.69. The summed E-state index contributed by atoms with van der Waals surface area (Å²) in [6.45, 7) is 5.29. The Hall–Kier alpha value is -0.870. The summed E-state index contributed by atoms with van der Waals surface area (Å²) in [5.41, 5.74) is 7.74. The van der Waals surface area contributed by atoms with Gasteiger partial charge in [0.05, 0.1) is 24.6 Å². The molecule has 1 aromatic rings. The van der Waals surface area contributed by atoms with E-state index >= 15 is 0 Å². The minimum Gasteiger partial charge on any atom is -0.372 e. The Labute approximate surface area is 85.0 Å². The third-order valence-electron chi connectivity index (χ3n) is 2.45. The molecule has 4 nitrogen and oxygen atoms in total. The molecule has 0 aromatic carbocycles. The molecule has 1 aromatic heterocycles. The summed E-state index contributed by atoms with van der Waals surface area (Å²) in [7, 11) is 1.91. The van der Waals surface area contributed by atoms with Crippen molar-refractivity contribution in [2.45, 2.75) is 39.5 Å². The Bertz CT molecular complexity index is 283. The summed E-state index contributed by atoms with van der Waals surface area (Å²) in [5.74, 6) is 0. The number of hydrogen-bond acceptors (Lipinski definition) is 3. The Morgan fingerprint density at radius 2 is 2.36 bits per heavy atom. The van der Waals surface area contributed by atoms with Gasteiger partial charge in [-0.3, -0.25) is 4.68 Å². The highest BCUT2D eigenvalue weighted by molar-refractivity contribution is 5.16. The summed E-state index contributed by atoms with van der Waals surface area (Å²) in [4.78, 5) is 0. The third-order valence-corrected chi connectivity index (χ3v) is 2.45. The van der Waals surface area contributed by atoms with Crippen molar-refractivity contribution < 1.29 is 4.74 Å². The largest absolute Gasteiger partial charge is 0.372 e. The van der Waals surface area contributed by atoms with Gasteiger partial charge in [0.15, 0.2) is 0 Å². The number of nitrogens with zero attached hydrogens (tertiary/aromatic N) is 2. The molecule has 0 amide bonds. The average Bonchev–Trinajstić information content (AvgIpc) is 2.55. The van der Waals surface area contributed by atoms with Crippen molar-refractivity contribution in [2.75, 3.05) is 0 Å². The van der Waals surface area contributed by atoms with Crippen LogP contribution in [-0.4, -0.2) is 15.9 Å². The summed E-state index contributed by atoms with van der Waals surface area (Å²) in [6, 6.07) is 0. The normalized spacial score (nSPS) is 13.1. The fraction of sp³-hybridized carbons (Fsp3) is 0.700. The summed E-state index contributed by atoms with van der Waals surface area (Å²) in [6.07, 6.45) is 3.11. The van der Waals surface area contributed by atoms with Gasteiger partial charge >= 0.3 is 0 Å². The van der Waals surface area contributed by atoms with Crippen molar-refractivity contribution in [1.29, 1.82) is 0 Å². The zero-order chi connectivity index (χ0) is 10.6. The van der Waals surface area contributed by atoms with E-state index in [4.69, 9.17) is 10.5 Å². The van der Waals surface area contributed by atoms with Crippen LogP contribution in [0, 0.1) is 0 Å². The van der Waals surface area contributed by atoms with E-state index in [9.17, 15) is 0 Å². The lowest BCUT2D eigenvalue weighted by atomic mass is 10.2. The van der Waals surface area contributed by atoms with Gasteiger partial charge in [0.2, 0.25) is 0 Å². The van der Waals surface area contributed by atoms with E-state index in [1.165, 1.54) is 0 Å². The van der Waals surface area contributed by atoms with Gasteiger partial charge in [-0.25, -0.2) is 0 Å². The predicted octanol–water partition coefficient (Wildman–Crippen LogP) is 1.19. The fourth-order valence-corrected chi connectivity index (χ4v) is 1.20. The highest BCUT2D eigenvalue weighted by Crippen LogP contribution is 2.10. The van der Waals surface area contributed by atoms with Gasteiger partial charge in [0, 0.05) is 19.2 Å². The Morgan fingerprint density at radius 1 is 1.64 bits per heavy atom. The van der Waals surface area contributed by atoms with Gasteiger partial charge in [0.1, 0.15) is 0 Å². The van der Waals surface area contributed by atoms with E-state index in [0.717, 1.165) is 17.7 Å². The molecule has 1 heterocycles. The molecule has 0 saturated carbocycles. The summed E-state index contributed by atoms with van der Waals surface area (Å²) in [5, 5.41) is 4.15. The van der Waals surface area contributed by atoms with Crippen LogP contribution in [0.2, 0.25) is 0 Å². The van der Waals surface area contributed by atoms with Crippen molar-refractivity contribution in [1.82, 2.24) is 9.78 Å². The lowest BCUT2D eigenvalue weighted by molar-refractivity contribution is 0.0467. The molecule has 1 rings (SSSR count). The lowest BCUT2D eigenvalue weighted by Crippen LogP contribution is -2.11. The van der Waals surface area contributed by atoms with Crippen LogP contribution < -0.4 is 5.73 Å². The molecule has 2 N–H and O–H groups in total. The lowest BCUT2D eigenvalue weighted by Gasteiger charge is -2.11. The molecule has 0 bridgehead atoms. The van der Waals surface area contributed by atoms with E-state index < -0.39 is 0 Å². The molecule has 0 fully saturated rings. The Morgan fingerprint density at radius 3 is 2.93 bits per heavy atom. The molecular weight excluding hydrogens is 178 g/mol. The molecular formula is C10H19N3O. The maximum atomic E-state index is 5.64. The van der Waals surface area contributed by atoms with E-state index in [1.54, 1.807) is 6.20 Å². The van der Waals surface area contributed by atoms with Crippen LogP contribution in [0.1, 0.15) is 31.5 Å². The van der Waals surface area contributed by atoms with Crippen LogP contribution in [-0.2, 0) is 24.9 Å². The average molecular weight is 197 g/mol. The number of rotatable bonds is 5. The molecule has 4 heteroatoms. The molecule has 80 valence electrons. The maximum Gasteiger partial charge on any atom is 0.0891 e. The molecule has 0 aliphatic heterocycles. The van der Waals surface area contributed by atoms with Crippen LogP contribution in [0.4, 0.5) is 0 Å². The maximum absolute atomic E-state index is 5.64. The minimum atomic E-state index is 0.288. The quantitative estimate of drug-likeness (QED) is 0.771. The second-order valence-electron chi connectivity index (χ2n) is 3.47. The number of nitrogens with two attached hydrogens (primary N) is 1. The third kappa shape index (κ3) is 2.56.